The van der Waals surface area contributed by atoms with Crippen LogP contribution in [0.3, 0.4) is 0 Å². The van der Waals surface area contributed by atoms with Crippen LogP contribution in [0.25, 0.3) is 0 Å². The average molecular weight is 400 g/mol. The van der Waals surface area contributed by atoms with Crippen LogP contribution in [0.2, 0.25) is 0 Å². The molecule has 1 spiro atoms. The number of likely N-dealkylation sites (tertiary alicyclic amines) is 1. The molecule has 3 nitrogen and oxygen atoms in total. The lowest BCUT2D eigenvalue weighted by atomic mass is 9.46. The molecule has 29 heavy (non-hydrogen) atoms. The van der Waals surface area contributed by atoms with Crippen LogP contribution >= 0.6 is 0 Å². The Hall–Kier alpha value is -0.990. The molecule has 0 amide bonds. The number of rotatable bonds is 0. The third-order valence-electron chi connectivity index (χ3n) is 11.0. The second-order valence-electron chi connectivity index (χ2n) is 12.4. The molecule has 2 aliphatic heterocycles. The van der Waals surface area contributed by atoms with E-state index in [4.69, 9.17) is 4.74 Å². The first kappa shape index (κ1) is 19.9. The third-order valence-corrected chi connectivity index (χ3v) is 11.0. The van der Waals surface area contributed by atoms with Crippen LogP contribution in [0, 0.1) is 34.0 Å². The van der Waals surface area contributed by atoms with Gasteiger partial charge in [0, 0.05) is 24.2 Å². The van der Waals surface area contributed by atoms with Crippen molar-refractivity contribution in [2.24, 2.45) is 34.0 Å². The van der Waals surface area contributed by atoms with E-state index in [9.17, 15) is 4.79 Å². The molecular formula is C26H41NO2. The summed E-state index contributed by atoms with van der Waals surface area (Å²) in [5.41, 5.74) is 1.43. The first-order valence-corrected chi connectivity index (χ1v) is 12.2. The second-order valence-corrected chi connectivity index (χ2v) is 12.4. The first-order chi connectivity index (χ1) is 13.5. The van der Waals surface area contributed by atoms with Gasteiger partial charge in [0.2, 0.25) is 0 Å². The summed E-state index contributed by atoms with van der Waals surface area (Å²) < 4.78 is 6.41. The minimum absolute atomic E-state index is 0.0517. The van der Waals surface area contributed by atoms with Gasteiger partial charge in [0.1, 0.15) is 5.60 Å². The maximum absolute atomic E-state index is 12.8. The van der Waals surface area contributed by atoms with Gasteiger partial charge in [-0.3, -0.25) is 4.79 Å². The van der Waals surface area contributed by atoms with Gasteiger partial charge in [-0.25, -0.2) is 0 Å². The van der Waals surface area contributed by atoms with Gasteiger partial charge in [-0.15, -0.1) is 0 Å². The van der Waals surface area contributed by atoms with Crippen molar-refractivity contribution < 1.29 is 9.53 Å². The smallest absolute Gasteiger partial charge is 0.312 e. The van der Waals surface area contributed by atoms with E-state index in [0.29, 0.717) is 11.5 Å². The summed E-state index contributed by atoms with van der Waals surface area (Å²) in [6, 6.07) is 0.665. The van der Waals surface area contributed by atoms with Crippen molar-refractivity contribution in [1.82, 2.24) is 4.90 Å². The summed E-state index contributed by atoms with van der Waals surface area (Å²) in [7, 11) is 2.28. The van der Waals surface area contributed by atoms with Crippen molar-refractivity contribution in [2.75, 3.05) is 7.05 Å². The first-order valence-electron chi connectivity index (χ1n) is 12.2. The van der Waals surface area contributed by atoms with Gasteiger partial charge in [0.05, 0.1) is 5.41 Å². The minimum atomic E-state index is -0.308. The van der Waals surface area contributed by atoms with Crippen LogP contribution in [-0.4, -0.2) is 29.6 Å². The molecular weight excluding hydrogens is 358 g/mol. The Morgan fingerprint density at radius 3 is 2.38 bits per heavy atom. The topological polar surface area (TPSA) is 29.5 Å². The van der Waals surface area contributed by atoms with Gasteiger partial charge in [0.15, 0.2) is 0 Å². The molecule has 3 saturated carbocycles. The number of hydrogen-bond donors (Lipinski definition) is 0. The van der Waals surface area contributed by atoms with E-state index in [1.807, 2.05) is 0 Å². The maximum Gasteiger partial charge on any atom is 0.312 e. The minimum Gasteiger partial charge on any atom is -0.458 e. The van der Waals surface area contributed by atoms with E-state index in [1.165, 1.54) is 44.2 Å². The summed E-state index contributed by atoms with van der Waals surface area (Å²) in [4.78, 5) is 15.4. The van der Waals surface area contributed by atoms with Gasteiger partial charge in [-0.2, -0.15) is 0 Å². The average Bonchev–Trinajstić information content (AvgIpc) is 2.95. The lowest BCUT2D eigenvalue weighted by Gasteiger charge is -2.63. The molecule has 162 valence electrons. The maximum atomic E-state index is 12.8. The van der Waals surface area contributed by atoms with Crippen molar-refractivity contribution in [3.8, 4) is 0 Å². The molecule has 0 aromatic heterocycles. The molecule has 0 N–H and O–H groups in total. The van der Waals surface area contributed by atoms with Gasteiger partial charge >= 0.3 is 5.97 Å². The van der Waals surface area contributed by atoms with Crippen molar-refractivity contribution >= 4 is 5.97 Å². The zero-order valence-electron chi connectivity index (χ0n) is 19.4. The molecule has 2 saturated heterocycles. The third kappa shape index (κ3) is 2.45. The number of ether oxygens (including phenoxy) is 1. The summed E-state index contributed by atoms with van der Waals surface area (Å²) >= 11 is 0. The van der Waals surface area contributed by atoms with Crippen LogP contribution in [0.15, 0.2) is 12.3 Å². The molecule has 7 atom stereocenters. The quantitative estimate of drug-likeness (QED) is 0.472. The van der Waals surface area contributed by atoms with E-state index < -0.39 is 0 Å². The fourth-order valence-electron chi connectivity index (χ4n) is 8.89. The molecule has 5 rings (SSSR count). The highest BCUT2D eigenvalue weighted by molar-refractivity contribution is 5.77. The number of carbonyl (C=O) groups excluding carboxylic acids is 1. The fourth-order valence-corrected chi connectivity index (χ4v) is 8.89. The zero-order chi connectivity index (χ0) is 20.8. The normalized spacial score (nSPS) is 51.3. The van der Waals surface area contributed by atoms with E-state index in [1.54, 1.807) is 0 Å². The predicted octanol–water partition coefficient (Wildman–Crippen LogP) is 5.94. The molecule has 5 fully saturated rings. The lowest BCUT2D eigenvalue weighted by Crippen LogP contribution is -2.62. The number of fused-ring (bicyclic) bond motifs is 6. The van der Waals surface area contributed by atoms with E-state index in [2.05, 4.69) is 46.2 Å². The highest BCUT2D eigenvalue weighted by atomic mass is 16.6. The highest BCUT2D eigenvalue weighted by Gasteiger charge is 2.67. The molecule has 2 heterocycles. The fraction of sp³-hybridized carbons (Fsp3) is 0.885. The SMILES string of the molecule is C=C1CC[C@]2(C)C3CC[C@@]4(C)C(CC[C@@]45CCC(C)(C)C(=O)O5)C3CCC2N1C. The van der Waals surface area contributed by atoms with Gasteiger partial charge in [-0.05, 0) is 101 Å². The molecule has 0 radical (unpaired) electrons. The van der Waals surface area contributed by atoms with Crippen LogP contribution < -0.4 is 0 Å². The Bertz CT molecular complexity index is 743. The van der Waals surface area contributed by atoms with Crippen LogP contribution in [0.1, 0.15) is 91.9 Å². The predicted molar refractivity (Wildman–Crippen MR) is 116 cm³/mol. The largest absolute Gasteiger partial charge is 0.458 e. The Kier molecular flexibility index (Phi) is 4.15. The van der Waals surface area contributed by atoms with Gasteiger partial charge in [-0.1, -0.05) is 20.4 Å². The van der Waals surface area contributed by atoms with E-state index >= 15 is 0 Å². The molecule has 5 aliphatic rings. The van der Waals surface area contributed by atoms with Crippen LogP contribution in [-0.2, 0) is 9.53 Å². The van der Waals surface area contributed by atoms with Crippen molar-refractivity contribution in [3.63, 3.8) is 0 Å². The number of esters is 1. The molecule has 3 aliphatic carbocycles. The molecule has 0 bridgehead atoms. The van der Waals surface area contributed by atoms with E-state index in [0.717, 1.165) is 43.4 Å². The molecule has 0 aromatic rings. The Morgan fingerprint density at radius 2 is 1.66 bits per heavy atom. The summed E-state index contributed by atoms with van der Waals surface area (Å²) in [5.74, 6) is 2.41. The number of nitrogens with zero attached hydrogens (tertiary/aromatic N) is 1. The number of piperidine rings is 1. The van der Waals surface area contributed by atoms with Crippen LogP contribution in [0.4, 0.5) is 0 Å². The standard InChI is InChI=1S/C26H41NO2/c1-17-9-12-24(4)19-10-13-25(5)20(18(19)7-8-21(24)27(17)6)11-14-26(25)16-15-23(2,3)22(28)29-26/h18-21H,1,7-16H2,2-6H3/t18?,19?,20?,21?,24-,25+,26-/m1/s1. The number of carbonyl (C=O) groups is 1. The van der Waals surface area contributed by atoms with Crippen molar-refractivity contribution in [1.29, 1.82) is 0 Å². The van der Waals surface area contributed by atoms with Crippen molar-refractivity contribution in [2.45, 2.75) is 104 Å². The van der Waals surface area contributed by atoms with Gasteiger partial charge in [0.25, 0.3) is 0 Å². The summed E-state index contributed by atoms with van der Waals surface area (Å²) in [5, 5.41) is 0. The molecule has 0 aromatic carbocycles. The lowest BCUT2D eigenvalue weighted by molar-refractivity contribution is -0.212. The Balaban J connectivity index is 1.44. The monoisotopic (exact) mass is 399 g/mol. The van der Waals surface area contributed by atoms with Crippen LogP contribution in [0.5, 0.6) is 0 Å². The zero-order valence-corrected chi connectivity index (χ0v) is 19.4. The number of allylic oxidation sites excluding steroid dienone is 1. The molecule has 4 unspecified atom stereocenters. The molecule has 3 heteroatoms. The number of hydrogen-bond acceptors (Lipinski definition) is 3. The van der Waals surface area contributed by atoms with Crippen molar-refractivity contribution in [3.05, 3.63) is 12.3 Å². The summed E-state index contributed by atoms with van der Waals surface area (Å²) in [6.45, 7) is 13.5. The highest BCUT2D eigenvalue weighted by Crippen LogP contribution is 2.69. The summed E-state index contributed by atoms with van der Waals surface area (Å²) in [6.07, 6.45) is 12.1. The van der Waals surface area contributed by atoms with E-state index in [-0.39, 0.29) is 22.4 Å². The Morgan fingerprint density at radius 1 is 0.931 bits per heavy atom. The van der Waals surface area contributed by atoms with Gasteiger partial charge < -0.3 is 9.64 Å². The Labute approximate surface area is 177 Å². The second kappa shape index (κ2) is 6.04.